The SMILES string of the molecule is Brc1cc(-c2cccnc2)cnc1Br. The zero-order valence-electron chi connectivity index (χ0n) is 7.11. The predicted octanol–water partition coefficient (Wildman–Crippen LogP) is 3.67. The Morgan fingerprint density at radius 1 is 1.07 bits per heavy atom. The summed E-state index contributed by atoms with van der Waals surface area (Å²) >= 11 is 6.74. The van der Waals surface area contributed by atoms with Gasteiger partial charge in [0.25, 0.3) is 0 Å². The van der Waals surface area contributed by atoms with E-state index in [9.17, 15) is 0 Å². The molecule has 0 saturated heterocycles. The Bertz CT molecular complexity index is 443. The van der Waals surface area contributed by atoms with Crippen LogP contribution in [0.4, 0.5) is 0 Å². The second kappa shape index (κ2) is 4.19. The van der Waals surface area contributed by atoms with Gasteiger partial charge in [0.1, 0.15) is 4.60 Å². The van der Waals surface area contributed by atoms with E-state index in [4.69, 9.17) is 0 Å². The Morgan fingerprint density at radius 3 is 2.57 bits per heavy atom. The van der Waals surface area contributed by atoms with Gasteiger partial charge in [-0.05, 0) is 44.0 Å². The van der Waals surface area contributed by atoms with Gasteiger partial charge in [0.05, 0.1) is 4.47 Å². The number of pyridine rings is 2. The van der Waals surface area contributed by atoms with Crippen LogP contribution in [0.3, 0.4) is 0 Å². The molecule has 0 aliphatic heterocycles. The highest BCUT2D eigenvalue weighted by Gasteiger charge is 2.01. The first-order valence-electron chi connectivity index (χ1n) is 3.99. The van der Waals surface area contributed by atoms with E-state index in [1.807, 2.05) is 30.6 Å². The van der Waals surface area contributed by atoms with Gasteiger partial charge in [-0.15, -0.1) is 0 Å². The van der Waals surface area contributed by atoms with Crippen LogP contribution in [0.25, 0.3) is 11.1 Å². The summed E-state index contributed by atoms with van der Waals surface area (Å²) in [6.45, 7) is 0. The maximum atomic E-state index is 4.20. The lowest BCUT2D eigenvalue weighted by Crippen LogP contribution is -1.83. The fourth-order valence-corrected chi connectivity index (χ4v) is 1.68. The van der Waals surface area contributed by atoms with Crippen LogP contribution in [0, 0.1) is 0 Å². The molecule has 0 fully saturated rings. The third-order valence-electron chi connectivity index (χ3n) is 1.79. The molecule has 2 heterocycles. The van der Waals surface area contributed by atoms with E-state index in [0.29, 0.717) is 0 Å². The van der Waals surface area contributed by atoms with Crippen molar-refractivity contribution in [3.63, 3.8) is 0 Å². The van der Waals surface area contributed by atoms with Crippen LogP contribution in [-0.4, -0.2) is 9.97 Å². The van der Waals surface area contributed by atoms with E-state index in [1.165, 1.54) is 0 Å². The third-order valence-corrected chi connectivity index (χ3v) is 3.56. The molecule has 0 N–H and O–H groups in total. The molecular formula is C10H6Br2N2. The molecule has 0 unspecified atom stereocenters. The smallest absolute Gasteiger partial charge is 0.120 e. The Balaban J connectivity index is 2.48. The number of nitrogens with zero attached hydrogens (tertiary/aromatic N) is 2. The van der Waals surface area contributed by atoms with Gasteiger partial charge >= 0.3 is 0 Å². The average Bonchev–Trinajstić information content (AvgIpc) is 2.23. The zero-order valence-corrected chi connectivity index (χ0v) is 10.3. The molecule has 0 radical (unpaired) electrons. The highest BCUT2D eigenvalue weighted by atomic mass is 79.9. The Hall–Kier alpha value is -0.740. The highest BCUT2D eigenvalue weighted by molar-refractivity contribution is 9.13. The van der Waals surface area contributed by atoms with Gasteiger partial charge in [0.2, 0.25) is 0 Å². The van der Waals surface area contributed by atoms with Crippen LogP contribution in [0.1, 0.15) is 0 Å². The van der Waals surface area contributed by atoms with Crippen molar-refractivity contribution in [2.45, 2.75) is 0 Å². The molecule has 2 nitrogen and oxygen atoms in total. The molecule has 0 saturated carbocycles. The lowest BCUT2D eigenvalue weighted by atomic mass is 10.1. The second-order valence-electron chi connectivity index (χ2n) is 2.74. The fourth-order valence-electron chi connectivity index (χ4n) is 1.11. The second-order valence-corrected chi connectivity index (χ2v) is 4.34. The molecule has 0 spiro atoms. The molecule has 4 heteroatoms. The Labute approximate surface area is 98.7 Å². The summed E-state index contributed by atoms with van der Waals surface area (Å²) < 4.78 is 1.75. The van der Waals surface area contributed by atoms with E-state index in [-0.39, 0.29) is 0 Å². The van der Waals surface area contributed by atoms with Crippen LogP contribution < -0.4 is 0 Å². The van der Waals surface area contributed by atoms with E-state index in [0.717, 1.165) is 20.2 Å². The third kappa shape index (κ3) is 2.01. The van der Waals surface area contributed by atoms with Crippen LogP contribution >= 0.6 is 31.9 Å². The maximum absolute atomic E-state index is 4.20. The average molecular weight is 314 g/mol. The van der Waals surface area contributed by atoms with Gasteiger partial charge in [-0.1, -0.05) is 6.07 Å². The predicted molar refractivity (Wildman–Crippen MR) is 62.9 cm³/mol. The van der Waals surface area contributed by atoms with Crippen LogP contribution in [0.15, 0.2) is 45.9 Å². The minimum Gasteiger partial charge on any atom is -0.264 e. The molecule has 0 aromatic carbocycles. The first-order chi connectivity index (χ1) is 6.77. The summed E-state index contributed by atoms with van der Waals surface area (Å²) in [6, 6.07) is 5.92. The Kier molecular flexibility index (Phi) is 2.93. The van der Waals surface area contributed by atoms with Crippen molar-refractivity contribution in [1.82, 2.24) is 9.97 Å². The van der Waals surface area contributed by atoms with Gasteiger partial charge < -0.3 is 0 Å². The van der Waals surface area contributed by atoms with Crippen molar-refractivity contribution in [2.75, 3.05) is 0 Å². The van der Waals surface area contributed by atoms with E-state index in [1.54, 1.807) is 6.20 Å². The summed E-state index contributed by atoms with van der Waals surface area (Å²) in [5, 5.41) is 0. The monoisotopic (exact) mass is 312 g/mol. The van der Waals surface area contributed by atoms with Gasteiger partial charge in [0, 0.05) is 29.7 Å². The van der Waals surface area contributed by atoms with Gasteiger partial charge in [-0.3, -0.25) is 4.98 Å². The molecule has 0 aliphatic rings. The first-order valence-corrected chi connectivity index (χ1v) is 5.57. The molecule has 2 rings (SSSR count). The summed E-state index contributed by atoms with van der Waals surface area (Å²) in [4.78, 5) is 8.26. The van der Waals surface area contributed by atoms with Crippen molar-refractivity contribution in [1.29, 1.82) is 0 Å². The van der Waals surface area contributed by atoms with Crippen molar-refractivity contribution in [3.8, 4) is 11.1 Å². The van der Waals surface area contributed by atoms with Gasteiger partial charge in [-0.25, -0.2) is 4.98 Å². The Morgan fingerprint density at radius 2 is 1.93 bits per heavy atom. The van der Waals surface area contributed by atoms with Gasteiger partial charge in [-0.2, -0.15) is 0 Å². The molecule has 2 aromatic rings. The fraction of sp³-hybridized carbons (Fsp3) is 0. The normalized spacial score (nSPS) is 10.1. The van der Waals surface area contributed by atoms with Crippen molar-refractivity contribution < 1.29 is 0 Å². The molecule has 0 aliphatic carbocycles. The number of aromatic nitrogens is 2. The summed E-state index contributed by atoms with van der Waals surface area (Å²) in [5.41, 5.74) is 2.11. The lowest BCUT2D eigenvalue weighted by Gasteiger charge is -2.01. The molecule has 70 valence electrons. The summed E-state index contributed by atoms with van der Waals surface area (Å²) in [6.07, 6.45) is 5.38. The van der Waals surface area contributed by atoms with E-state index < -0.39 is 0 Å². The van der Waals surface area contributed by atoms with Crippen molar-refractivity contribution in [3.05, 3.63) is 45.9 Å². The van der Waals surface area contributed by atoms with Crippen LogP contribution in [0.2, 0.25) is 0 Å². The molecule has 0 atom stereocenters. The zero-order chi connectivity index (χ0) is 9.97. The summed E-state index contributed by atoms with van der Waals surface area (Å²) in [7, 11) is 0. The highest BCUT2D eigenvalue weighted by Crippen LogP contribution is 2.26. The van der Waals surface area contributed by atoms with Crippen LogP contribution in [0.5, 0.6) is 0 Å². The minimum absolute atomic E-state index is 0.810. The molecule has 2 aromatic heterocycles. The van der Waals surface area contributed by atoms with Crippen molar-refractivity contribution in [2.24, 2.45) is 0 Å². The number of rotatable bonds is 1. The van der Waals surface area contributed by atoms with Crippen molar-refractivity contribution >= 4 is 31.9 Å². The lowest BCUT2D eigenvalue weighted by molar-refractivity contribution is 1.25. The first kappa shape index (κ1) is 9.80. The topological polar surface area (TPSA) is 25.8 Å². The molecular weight excluding hydrogens is 308 g/mol. The van der Waals surface area contributed by atoms with E-state index in [2.05, 4.69) is 41.8 Å². The number of hydrogen-bond donors (Lipinski definition) is 0. The summed E-state index contributed by atoms with van der Waals surface area (Å²) in [5.74, 6) is 0. The molecule has 0 bridgehead atoms. The van der Waals surface area contributed by atoms with E-state index >= 15 is 0 Å². The quantitative estimate of drug-likeness (QED) is 0.751. The maximum Gasteiger partial charge on any atom is 0.120 e. The van der Waals surface area contributed by atoms with Crippen LogP contribution in [-0.2, 0) is 0 Å². The van der Waals surface area contributed by atoms with Gasteiger partial charge in [0.15, 0.2) is 0 Å². The number of hydrogen-bond acceptors (Lipinski definition) is 2. The number of halogens is 2. The molecule has 14 heavy (non-hydrogen) atoms. The standard InChI is InChI=1S/C10H6Br2N2/c11-9-4-8(6-14-10(9)12)7-2-1-3-13-5-7/h1-6H. The molecule has 0 amide bonds. The minimum atomic E-state index is 0.810. The largest absolute Gasteiger partial charge is 0.264 e.